The van der Waals surface area contributed by atoms with Gasteiger partial charge in [-0.2, -0.15) is 0 Å². The van der Waals surface area contributed by atoms with Gasteiger partial charge in [0.15, 0.2) is 14.7 Å². The van der Waals surface area contributed by atoms with Crippen LogP contribution in [0.4, 0.5) is 20.8 Å². The van der Waals surface area contributed by atoms with Crippen molar-refractivity contribution in [1.82, 2.24) is 0 Å². The Kier molecular flexibility index (Phi) is 17.0. The fourth-order valence-corrected chi connectivity index (χ4v) is 7.12. The van der Waals surface area contributed by atoms with Crippen LogP contribution in [0.2, 0.25) is 0 Å². The summed E-state index contributed by atoms with van der Waals surface area (Å²) < 4.78 is 65.5. The van der Waals surface area contributed by atoms with Crippen molar-refractivity contribution < 1.29 is 25.5 Å². The predicted molar refractivity (Wildman–Crippen MR) is 179 cm³/mol. The molecule has 0 aliphatic rings. The standard InChI is InChI=1S/C36H51OS.AsF6/c1-2-3-4-5-6-7-8-9-10-11-12-13-14-15-16-23-32-37-33-28-30-36(31-29-33)38(34-24-19-17-20-25-34)35-26-21-18-22-27-35;2-1(3,4,5,6)7/h17-22,24-31H,2-16,23,32H2,1H3;/q+1;-1. The van der Waals surface area contributed by atoms with Crippen LogP contribution in [0.5, 0.6) is 5.75 Å². The van der Waals surface area contributed by atoms with Gasteiger partial charge in [-0.25, -0.2) is 0 Å². The Bertz CT molecular complexity index is 1110. The van der Waals surface area contributed by atoms with Crippen molar-refractivity contribution in [3.05, 3.63) is 84.9 Å². The summed E-state index contributed by atoms with van der Waals surface area (Å²) in [6, 6.07) is 30.4. The molecule has 0 saturated heterocycles. The van der Waals surface area contributed by atoms with Gasteiger partial charge < -0.3 is 4.74 Å². The molecule has 0 spiro atoms. The van der Waals surface area contributed by atoms with Gasteiger partial charge in [-0.05, 0) is 55.0 Å². The monoisotopic (exact) mass is 720 g/mol. The molecule has 1 nitrogen and oxygen atoms in total. The molecule has 0 radical (unpaired) electrons. The minimum atomic E-state index is -11.1. The Morgan fingerprint density at radius 1 is 0.444 bits per heavy atom. The summed E-state index contributed by atoms with van der Waals surface area (Å²) in [6.07, 6.45) is 22.4. The first kappa shape index (κ1) is 39.1. The van der Waals surface area contributed by atoms with Crippen molar-refractivity contribution >= 4 is 25.1 Å². The summed E-state index contributed by atoms with van der Waals surface area (Å²) in [5.74, 6) is 0.986. The number of ether oxygens (including phenoxy) is 1. The zero-order chi connectivity index (χ0) is 32.9. The van der Waals surface area contributed by atoms with Crippen LogP contribution in [0.3, 0.4) is 0 Å². The summed E-state index contributed by atoms with van der Waals surface area (Å²) in [5.41, 5.74) is 0. The molecule has 0 heterocycles. The van der Waals surface area contributed by atoms with E-state index in [0.29, 0.717) is 0 Å². The molecular formula is C36H51AsF6OS. The summed E-state index contributed by atoms with van der Waals surface area (Å²) in [5, 5.41) is 0. The van der Waals surface area contributed by atoms with Crippen LogP contribution < -0.4 is 4.74 Å². The van der Waals surface area contributed by atoms with E-state index in [2.05, 4.69) is 91.9 Å². The predicted octanol–water partition coefficient (Wildman–Crippen LogP) is 13.6. The van der Waals surface area contributed by atoms with Gasteiger partial charge in [-0.3, -0.25) is 0 Å². The Hall–Kier alpha value is -2.05. The molecule has 3 rings (SSSR count). The number of benzene rings is 3. The van der Waals surface area contributed by atoms with Gasteiger partial charge in [0.25, 0.3) is 0 Å². The number of hydrogen-bond donors (Lipinski definition) is 0. The molecule has 3 aromatic carbocycles. The van der Waals surface area contributed by atoms with E-state index in [0.717, 1.165) is 18.8 Å². The van der Waals surface area contributed by atoms with Crippen molar-refractivity contribution in [3.63, 3.8) is 0 Å². The number of hydrogen-bond acceptors (Lipinski definition) is 1. The van der Waals surface area contributed by atoms with E-state index in [1.807, 2.05) is 0 Å². The third-order valence-corrected chi connectivity index (χ3v) is 9.51. The van der Waals surface area contributed by atoms with E-state index in [-0.39, 0.29) is 10.9 Å². The second-order valence-electron chi connectivity index (χ2n) is 11.5. The van der Waals surface area contributed by atoms with Crippen LogP contribution in [0.1, 0.15) is 110 Å². The zero-order valence-corrected chi connectivity index (χ0v) is 29.3. The molecule has 0 bridgehead atoms. The van der Waals surface area contributed by atoms with E-state index >= 15 is 0 Å². The molecule has 9 heteroatoms. The van der Waals surface area contributed by atoms with Gasteiger partial charge in [-0.15, -0.1) is 0 Å². The Morgan fingerprint density at radius 3 is 1.11 bits per heavy atom. The molecule has 0 unspecified atom stereocenters. The van der Waals surface area contributed by atoms with Gasteiger partial charge in [0.2, 0.25) is 0 Å². The molecule has 0 amide bonds. The minimum absolute atomic E-state index is 0.0968. The van der Waals surface area contributed by atoms with E-state index < -0.39 is 14.2 Å². The first-order valence-electron chi connectivity index (χ1n) is 16.5. The van der Waals surface area contributed by atoms with E-state index in [1.165, 1.54) is 111 Å². The Morgan fingerprint density at radius 2 is 0.756 bits per heavy atom. The Balaban J connectivity index is 0.000000900. The maximum atomic E-state index is 9.91. The van der Waals surface area contributed by atoms with Crippen LogP contribution in [0, 0.1) is 0 Å². The third-order valence-electron chi connectivity index (χ3n) is 7.28. The molecule has 0 N–H and O–H groups in total. The quantitative estimate of drug-likeness (QED) is 0.0461. The third kappa shape index (κ3) is 22.2. The van der Waals surface area contributed by atoms with Gasteiger partial charge in [-0.1, -0.05) is 140 Å². The first-order chi connectivity index (χ1) is 21.3. The van der Waals surface area contributed by atoms with E-state index in [9.17, 15) is 20.8 Å². The number of rotatable bonds is 21. The molecule has 0 saturated carbocycles. The van der Waals surface area contributed by atoms with Gasteiger partial charge in [0.1, 0.15) is 5.75 Å². The van der Waals surface area contributed by atoms with Gasteiger partial charge >= 0.3 is 35.0 Å². The second-order valence-corrected chi connectivity index (χ2v) is 17.6. The van der Waals surface area contributed by atoms with Crippen molar-refractivity contribution in [2.24, 2.45) is 0 Å². The first-order valence-corrected chi connectivity index (χ1v) is 21.9. The molecule has 3 aromatic rings. The van der Waals surface area contributed by atoms with Gasteiger partial charge in [0.05, 0.1) is 17.5 Å². The fraction of sp³-hybridized carbons (Fsp3) is 0.500. The zero-order valence-electron chi connectivity index (χ0n) is 26.6. The summed E-state index contributed by atoms with van der Waals surface area (Å²) in [4.78, 5) is 4.03. The molecule has 45 heavy (non-hydrogen) atoms. The molecule has 0 atom stereocenters. The normalized spacial score (nSPS) is 13.1. The van der Waals surface area contributed by atoms with Crippen LogP contribution in [0.15, 0.2) is 99.6 Å². The average molecular weight is 721 g/mol. The second kappa shape index (κ2) is 19.6. The molecule has 0 aliphatic heterocycles. The number of halogens is 6. The Labute approximate surface area is 271 Å². The summed E-state index contributed by atoms with van der Waals surface area (Å²) in [6.45, 7) is 3.12. The SMILES string of the molecule is CCCCCCCCCCCCCCCCCCOc1ccc([S+](c2ccccc2)c2ccccc2)cc1.F[As-](F)(F)(F)(F)F. The molecule has 0 aromatic heterocycles. The van der Waals surface area contributed by atoms with Crippen molar-refractivity contribution in [3.8, 4) is 5.75 Å². The molecule has 254 valence electrons. The van der Waals surface area contributed by atoms with Crippen LogP contribution in [-0.2, 0) is 10.9 Å². The van der Waals surface area contributed by atoms with Gasteiger partial charge in [0, 0.05) is 0 Å². The van der Waals surface area contributed by atoms with Crippen LogP contribution in [0.25, 0.3) is 0 Å². The van der Waals surface area contributed by atoms with E-state index in [1.54, 1.807) is 0 Å². The summed E-state index contributed by atoms with van der Waals surface area (Å²) in [7, 11) is -0.0968. The topological polar surface area (TPSA) is 9.23 Å². The molecular weight excluding hydrogens is 669 g/mol. The molecule has 0 aliphatic carbocycles. The average Bonchev–Trinajstić information content (AvgIpc) is 2.99. The number of unbranched alkanes of at least 4 members (excludes halogenated alkanes) is 15. The fourth-order valence-electron chi connectivity index (χ4n) is 5.03. The van der Waals surface area contributed by atoms with Crippen molar-refractivity contribution in [2.45, 2.75) is 124 Å². The van der Waals surface area contributed by atoms with Crippen LogP contribution >= 0.6 is 0 Å². The maximum absolute atomic E-state index is 11.1. The van der Waals surface area contributed by atoms with Crippen molar-refractivity contribution in [1.29, 1.82) is 0 Å². The van der Waals surface area contributed by atoms with E-state index in [4.69, 9.17) is 4.74 Å². The van der Waals surface area contributed by atoms with Crippen molar-refractivity contribution in [2.75, 3.05) is 6.61 Å². The molecule has 0 fully saturated rings. The van der Waals surface area contributed by atoms with Crippen LogP contribution in [-0.4, -0.2) is 20.8 Å². The summed E-state index contributed by atoms with van der Waals surface area (Å²) >= 11 is -11.1.